The molecular formula is C17H16F3N3O5S. The number of aliphatic hydroxyl groups excluding tert-OH is 2. The highest BCUT2D eigenvalue weighted by atomic mass is 32.2. The highest BCUT2D eigenvalue weighted by Crippen LogP contribution is 2.31. The molecule has 0 unspecified atom stereocenters. The number of aromatic nitrogens is 1. The van der Waals surface area contributed by atoms with Gasteiger partial charge in [-0.1, -0.05) is 0 Å². The summed E-state index contributed by atoms with van der Waals surface area (Å²) in [4.78, 5) is 16.5. The van der Waals surface area contributed by atoms with Crippen molar-refractivity contribution in [1.82, 2.24) is 9.88 Å². The molecule has 12 heteroatoms. The number of nitrogens with two attached hydrogens (primary N) is 1. The molecule has 0 aliphatic carbocycles. The zero-order chi connectivity index (χ0) is 21.6. The molecule has 2 heterocycles. The number of pyridine rings is 1. The number of alkyl halides is 3. The number of halogens is 3. The van der Waals surface area contributed by atoms with Gasteiger partial charge >= 0.3 is 6.18 Å². The average Bonchev–Trinajstić information content (AvgIpc) is 2.99. The molecule has 8 nitrogen and oxygen atoms in total. The summed E-state index contributed by atoms with van der Waals surface area (Å²) in [7, 11) is -4.22. The first-order chi connectivity index (χ1) is 13.4. The molecule has 2 atom stereocenters. The van der Waals surface area contributed by atoms with Crippen molar-refractivity contribution in [2.24, 2.45) is 0 Å². The summed E-state index contributed by atoms with van der Waals surface area (Å²) < 4.78 is 63.2. The smallest absolute Gasteiger partial charge is 0.397 e. The Balaban J connectivity index is 1.88. The summed E-state index contributed by atoms with van der Waals surface area (Å²) in [6.45, 7) is -0.264. The molecule has 1 aliphatic rings. The second-order valence-corrected chi connectivity index (χ2v) is 8.43. The van der Waals surface area contributed by atoms with Crippen LogP contribution in [0.5, 0.6) is 0 Å². The molecular weight excluding hydrogens is 415 g/mol. The van der Waals surface area contributed by atoms with E-state index in [4.69, 9.17) is 5.73 Å². The van der Waals surface area contributed by atoms with E-state index in [1.165, 1.54) is 0 Å². The third kappa shape index (κ3) is 4.04. The summed E-state index contributed by atoms with van der Waals surface area (Å²) in [6, 6.07) is 3.91. The van der Waals surface area contributed by atoms with Crippen LogP contribution in [0.1, 0.15) is 16.1 Å². The monoisotopic (exact) mass is 431 g/mol. The number of β-amino-alcohol motifs (C(OH)–C–C–N with tert-alkyl or cyclic N) is 2. The summed E-state index contributed by atoms with van der Waals surface area (Å²) >= 11 is 0. The van der Waals surface area contributed by atoms with Gasteiger partial charge < -0.3 is 20.8 Å². The van der Waals surface area contributed by atoms with Crippen molar-refractivity contribution in [3.63, 3.8) is 0 Å². The third-order valence-corrected chi connectivity index (χ3v) is 6.18. The van der Waals surface area contributed by atoms with E-state index < -0.39 is 49.5 Å². The lowest BCUT2D eigenvalue weighted by Crippen LogP contribution is -2.31. The quantitative estimate of drug-likeness (QED) is 0.651. The summed E-state index contributed by atoms with van der Waals surface area (Å²) in [6.07, 6.45) is -5.95. The van der Waals surface area contributed by atoms with Crippen LogP contribution in [-0.4, -0.2) is 59.7 Å². The van der Waals surface area contributed by atoms with Gasteiger partial charge in [0.1, 0.15) is 0 Å². The number of carbonyl (C=O) groups is 1. The predicted molar refractivity (Wildman–Crippen MR) is 93.5 cm³/mol. The van der Waals surface area contributed by atoms with Gasteiger partial charge in [0, 0.05) is 19.3 Å². The number of nitrogens with zero attached hydrogens (tertiary/aromatic N) is 2. The van der Waals surface area contributed by atoms with Crippen molar-refractivity contribution in [2.45, 2.75) is 28.2 Å². The third-order valence-electron chi connectivity index (χ3n) is 4.44. The van der Waals surface area contributed by atoms with Crippen molar-refractivity contribution in [3.05, 3.63) is 47.8 Å². The van der Waals surface area contributed by atoms with Crippen molar-refractivity contribution in [1.29, 1.82) is 0 Å². The summed E-state index contributed by atoms with van der Waals surface area (Å²) in [5, 5.41) is 19.1. The van der Waals surface area contributed by atoms with Crippen molar-refractivity contribution in [3.8, 4) is 0 Å². The van der Waals surface area contributed by atoms with Crippen LogP contribution in [0.25, 0.3) is 0 Å². The van der Waals surface area contributed by atoms with E-state index >= 15 is 0 Å². The van der Waals surface area contributed by atoms with Gasteiger partial charge in [-0.05, 0) is 30.3 Å². The van der Waals surface area contributed by atoms with Crippen LogP contribution in [0.4, 0.5) is 18.9 Å². The fourth-order valence-electron chi connectivity index (χ4n) is 2.83. The Morgan fingerprint density at radius 1 is 1.10 bits per heavy atom. The van der Waals surface area contributed by atoms with Crippen molar-refractivity contribution < 1.29 is 36.6 Å². The lowest BCUT2D eigenvalue weighted by Gasteiger charge is -2.16. The molecule has 29 heavy (non-hydrogen) atoms. The topological polar surface area (TPSA) is 134 Å². The summed E-state index contributed by atoms with van der Waals surface area (Å²) in [5.41, 5.74) is 4.24. The molecule has 1 aliphatic heterocycles. The molecule has 1 amide bonds. The second kappa shape index (κ2) is 7.28. The van der Waals surface area contributed by atoms with Crippen LogP contribution in [0, 0.1) is 0 Å². The Bertz CT molecular complexity index is 1030. The minimum Gasteiger partial charge on any atom is -0.397 e. The number of sulfone groups is 1. The zero-order valence-electron chi connectivity index (χ0n) is 14.7. The molecule has 1 saturated heterocycles. The van der Waals surface area contributed by atoms with E-state index in [1.54, 1.807) is 0 Å². The Labute approximate surface area is 163 Å². The highest BCUT2D eigenvalue weighted by Gasteiger charge is 2.35. The molecule has 3 rings (SSSR count). The maximum atomic E-state index is 12.6. The molecule has 0 bridgehead atoms. The fourth-order valence-corrected chi connectivity index (χ4v) is 4.07. The van der Waals surface area contributed by atoms with E-state index in [2.05, 4.69) is 4.98 Å². The highest BCUT2D eigenvalue weighted by molar-refractivity contribution is 7.91. The standard InChI is InChI=1S/C17H16F3N3O5S/c18-17(19,20)9-1-3-10(4-2-9)29(27,28)11-5-12(21)15(22-6-11)16(26)23-7-13(24)14(25)8-23/h1-6,13-14,24-25H,7-8,21H2/t13-,14-/m1/s1. The van der Waals surface area contributed by atoms with Crippen LogP contribution in [0.3, 0.4) is 0 Å². The van der Waals surface area contributed by atoms with E-state index in [0.717, 1.165) is 29.3 Å². The number of hydrogen-bond donors (Lipinski definition) is 3. The van der Waals surface area contributed by atoms with Crippen LogP contribution < -0.4 is 5.73 Å². The van der Waals surface area contributed by atoms with Gasteiger partial charge in [-0.25, -0.2) is 13.4 Å². The normalized spacial score (nSPS) is 20.1. The van der Waals surface area contributed by atoms with Gasteiger partial charge in [0.15, 0.2) is 5.69 Å². The van der Waals surface area contributed by atoms with E-state index in [9.17, 15) is 36.6 Å². The number of rotatable bonds is 3. The Morgan fingerprint density at radius 2 is 1.66 bits per heavy atom. The lowest BCUT2D eigenvalue weighted by molar-refractivity contribution is -0.137. The van der Waals surface area contributed by atoms with Gasteiger partial charge in [-0.2, -0.15) is 13.2 Å². The van der Waals surface area contributed by atoms with Crippen molar-refractivity contribution >= 4 is 21.4 Å². The van der Waals surface area contributed by atoms with Gasteiger partial charge in [-0.3, -0.25) is 4.79 Å². The summed E-state index contributed by atoms with van der Waals surface area (Å²) in [5.74, 6) is -0.698. The average molecular weight is 431 g/mol. The number of benzene rings is 1. The number of anilines is 1. The van der Waals surface area contributed by atoms with Crippen molar-refractivity contribution in [2.75, 3.05) is 18.8 Å². The molecule has 4 N–H and O–H groups in total. The minimum atomic E-state index is -4.60. The Morgan fingerprint density at radius 3 is 2.14 bits per heavy atom. The fraction of sp³-hybridized carbons (Fsp3) is 0.294. The van der Waals surface area contributed by atoms with Gasteiger partial charge in [-0.15, -0.1) is 0 Å². The van der Waals surface area contributed by atoms with Crippen LogP contribution in [0.2, 0.25) is 0 Å². The molecule has 1 aromatic heterocycles. The van der Waals surface area contributed by atoms with Crippen LogP contribution in [0.15, 0.2) is 46.3 Å². The number of aliphatic hydroxyl groups is 2. The van der Waals surface area contributed by atoms with Gasteiger partial charge in [0.25, 0.3) is 5.91 Å². The molecule has 156 valence electrons. The maximum Gasteiger partial charge on any atom is 0.416 e. The largest absolute Gasteiger partial charge is 0.416 e. The number of nitrogen functional groups attached to an aromatic ring is 1. The zero-order valence-corrected chi connectivity index (χ0v) is 15.5. The Hall–Kier alpha value is -2.70. The molecule has 2 aromatic rings. The van der Waals surface area contributed by atoms with Crippen LogP contribution >= 0.6 is 0 Å². The molecule has 0 spiro atoms. The molecule has 1 fully saturated rings. The number of likely N-dealkylation sites (tertiary alicyclic amines) is 1. The Kier molecular flexibility index (Phi) is 5.28. The number of carbonyl (C=O) groups excluding carboxylic acids is 1. The SMILES string of the molecule is Nc1cc(S(=O)(=O)c2ccc(C(F)(F)F)cc2)cnc1C(=O)N1C[C@@H](O)[C@H](O)C1. The maximum absolute atomic E-state index is 12.6. The molecule has 0 radical (unpaired) electrons. The van der Waals surface area contributed by atoms with Gasteiger partial charge in [0.2, 0.25) is 9.84 Å². The minimum absolute atomic E-state index is 0.132. The van der Waals surface area contributed by atoms with E-state index in [-0.39, 0.29) is 24.5 Å². The molecule has 0 saturated carbocycles. The van der Waals surface area contributed by atoms with E-state index in [1.807, 2.05) is 0 Å². The number of amides is 1. The number of hydrogen-bond acceptors (Lipinski definition) is 7. The first-order valence-corrected chi connectivity index (χ1v) is 9.73. The first kappa shape index (κ1) is 21.0. The predicted octanol–water partition coefficient (Wildman–Crippen LogP) is 0.693. The van der Waals surface area contributed by atoms with E-state index in [0.29, 0.717) is 12.1 Å². The van der Waals surface area contributed by atoms with Gasteiger partial charge in [0.05, 0.1) is 33.2 Å². The van der Waals surface area contributed by atoms with Crippen LogP contribution in [-0.2, 0) is 16.0 Å². The lowest BCUT2D eigenvalue weighted by atomic mass is 10.2. The second-order valence-electron chi connectivity index (χ2n) is 6.48. The first-order valence-electron chi connectivity index (χ1n) is 8.24. The molecule has 1 aromatic carbocycles.